The molecule has 1 aromatic rings. The number of nitrogens with one attached hydrogen (secondary N) is 2. The topological polar surface area (TPSA) is 108 Å². The maximum atomic E-state index is 13.1. The van der Waals surface area contributed by atoms with Gasteiger partial charge in [-0.2, -0.15) is 0 Å². The first-order valence-corrected chi connectivity index (χ1v) is 12.0. The predicted molar refractivity (Wildman–Crippen MR) is 123 cm³/mol. The standard InChI is InChI=1S/C25H32N4O5/c1-24(2,3)34-23(33)28-9-8-25(13-26-14-25)18(12-28)15-4-5-17-16(10-15)11-29(22(17)32)19-6-7-20(30)27-21(19)31/h4-5,10,18-19,26H,6-9,11-14H2,1-3H3,(H,27,30,31). The van der Waals surface area contributed by atoms with E-state index in [9.17, 15) is 19.2 Å². The zero-order valence-corrected chi connectivity index (χ0v) is 20.0. The second-order valence-electron chi connectivity index (χ2n) is 11.0. The van der Waals surface area contributed by atoms with E-state index in [4.69, 9.17) is 4.74 Å². The number of nitrogens with zero attached hydrogens (tertiary/aromatic N) is 2. The highest BCUT2D eigenvalue weighted by Crippen LogP contribution is 2.46. The molecule has 182 valence electrons. The van der Waals surface area contributed by atoms with Crippen molar-refractivity contribution < 1.29 is 23.9 Å². The van der Waals surface area contributed by atoms with Crippen LogP contribution in [-0.4, -0.2) is 71.4 Å². The number of ether oxygens (including phenoxy) is 1. The molecule has 1 aromatic carbocycles. The van der Waals surface area contributed by atoms with E-state index in [2.05, 4.69) is 16.7 Å². The summed E-state index contributed by atoms with van der Waals surface area (Å²) in [6.45, 7) is 9.00. The van der Waals surface area contributed by atoms with Crippen LogP contribution in [0, 0.1) is 5.41 Å². The lowest BCUT2D eigenvalue weighted by Gasteiger charge is -2.53. The number of likely N-dealkylation sites (tertiary alicyclic amines) is 1. The van der Waals surface area contributed by atoms with Crippen LogP contribution in [0.1, 0.15) is 67.4 Å². The first-order valence-electron chi connectivity index (χ1n) is 12.0. The van der Waals surface area contributed by atoms with E-state index in [0.717, 1.165) is 30.6 Å². The molecule has 2 unspecified atom stereocenters. The summed E-state index contributed by atoms with van der Waals surface area (Å²) >= 11 is 0. The van der Waals surface area contributed by atoms with Gasteiger partial charge in [0.25, 0.3) is 5.91 Å². The Kier molecular flexibility index (Phi) is 5.42. The van der Waals surface area contributed by atoms with E-state index >= 15 is 0 Å². The summed E-state index contributed by atoms with van der Waals surface area (Å²) in [5.41, 5.74) is 2.13. The molecular formula is C25H32N4O5. The highest BCUT2D eigenvalue weighted by molar-refractivity contribution is 6.05. The third-order valence-electron chi connectivity index (χ3n) is 7.58. The average Bonchev–Trinajstić information content (AvgIpc) is 3.06. The summed E-state index contributed by atoms with van der Waals surface area (Å²) in [6.07, 6.45) is 1.18. The second-order valence-corrected chi connectivity index (χ2v) is 11.0. The number of carbonyl (C=O) groups excluding carboxylic acids is 4. The molecule has 0 saturated carbocycles. The number of imide groups is 1. The first-order chi connectivity index (χ1) is 16.1. The van der Waals surface area contributed by atoms with Crippen LogP contribution in [0.3, 0.4) is 0 Å². The van der Waals surface area contributed by atoms with Crippen LogP contribution in [-0.2, 0) is 20.9 Å². The fraction of sp³-hybridized carbons (Fsp3) is 0.600. The molecule has 9 heteroatoms. The van der Waals surface area contributed by atoms with Crippen molar-refractivity contribution in [2.45, 2.75) is 64.1 Å². The van der Waals surface area contributed by atoms with Crippen LogP contribution in [0.25, 0.3) is 0 Å². The molecule has 4 heterocycles. The van der Waals surface area contributed by atoms with E-state index in [1.807, 2.05) is 32.9 Å². The van der Waals surface area contributed by atoms with E-state index in [1.165, 1.54) is 0 Å². The maximum Gasteiger partial charge on any atom is 0.410 e. The van der Waals surface area contributed by atoms with Gasteiger partial charge in [0.05, 0.1) is 0 Å². The van der Waals surface area contributed by atoms with Crippen molar-refractivity contribution in [3.63, 3.8) is 0 Å². The van der Waals surface area contributed by atoms with Gasteiger partial charge in [-0.25, -0.2) is 4.79 Å². The molecule has 3 fully saturated rings. The van der Waals surface area contributed by atoms with Crippen molar-refractivity contribution in [2.75, 3.05) is 26.2 Å². The number of amides is 4. The van der Waals surface area contributed by atoms with Gasteiger partial charge in [0, 0.05) is 56.0 Å². The first kappa shape index (κ1) is 22.8. The number of hydrogen-bond acceptors (Lipinski definition) is 6. The molecule has 3 saturated heterocycles. The minimum absolute atomic E-state index is 0.0820. The molecule has 0 radical (unpaired) electrons. The van der Waals surface area contributed by atoms with E-state index < -0.39 is 17.6 Å². The van der Waals surface area contributed by atoms with Gasteiger partial charge in [0.1, 0.15) is 11.6 Å². The van der Waals surface area contributed by atoms with Gasteiger partial charge in [-0.3, -0.25) is 19.7 Å². The molecule has 9 nitrogen and oxygen atoms in total. The smallest absolute Gasteiger partial charge is 0.410 e. The summed E-state index contributed by atoms with van der Waals surface area (Å²) in [4.78, 5) is 53.1. The molecule has 0 aromatic heterocycles. The summed E-state index contributed by atoms with van der Waals surface area (Å²) < 4.78 is 5.63. The van der Waals surface area contributed by atoms with E-state index in [-0.39, 0.29) is 35.7 Å². The van der Waals surface area contributed by atoms with Gasteiger partial charge in [0.2, 0.25) is 11.8 Å². The third kappa shape index (κ3) is 3.96. The monoisotopic (exact) mass is 468 g/mol. The van der Waals surface area contributed by atoms with Crippen LogP contribution < -0.4 is 10.6 Å². The molecule has 1 spiro atoms. The number of carbonyl (C=O) groups is 4. The van der Waals surface area contributed by atoms with Crippen molar-refractivity contribution >= 4 is 23.8 Å². The Labute approximate surface area is 199 Å². The quantitative estimate of drug-likeness (QED) is 0.641. The van der Waals surface area contributed by atoms with Crippen LogP contribution in [0.2, 0.25) is 0 Å². The van der Waals surface area contributed by atoms with Crippen LogP contribution >= 0.6 is 0 Å². The van der Waals surface area contributed by atoms with E-state index in [0.29, 0.717) is 31.6 Å². The van der Waals surface area contributed by atoms with Crippen molar-refractivity contribution in [1.82, 2.24) is 20.4 Å². The summed E-state index contributed by atoms with van der Waals surface area (Å²) in [5.74, 6) is -0.744. The van der Waals surface area contributed by atoms with Crippen LogP contribution in [0.4, 0.5) is 4.79 Å². The zero-order valence-electron chi connectivity index (χ0n) is 20.0. The normalized spacial score (nSPS) is 26.3. The second kappa shape index (κ2) is 8.08. The summed E-state index contributed by atoms with van der Waals surface area (Å²) in [6, 6.07) is 5.29. The number of benzene rings is 1. The Morgan fingerprint density at radius 2 is 1.94 bits per heavy atom. The lowest BCUT2D eigenvalue weighted by Crippen LogP contribution is -2.62. The lowest BCUT2D eigenvalue weighted by molar-refractivity contribution is -0.136. The van der Waals surface area contributed by atoms with Gasteiger partial charge in [-0.1, -0.05) is 12.1 Å². The van der Waals surface area contributed by atoms with Crippen molar-refractivity contribution in [2.24, 2.45) is 5.41 Å². The summed E-state index contributed by atoms with van der Waals surface area (Å²) in [5, 5.41) is 5.75. The van der Waals surface area contributed by atoms with Gasteiger partial charge in [0.15, 0.2) is 0 Å². The molecule has 4 aliphatic heterocycles. The average molecular weight is 469 g/mol. The Hall–Kier alpha value is -2.94. The number of piperidine rings is 2. The van der Waals surface area contributed by atoms with Gasteiger partial charge < -0.3 is 19.9 Å². The number of rotatable bonds is 2. The molecule has 4 amide bonds. The largest absolute Gasteiger partial charge is 0.444 e. The minimum atomic E-state index is -0.624. The molecule has 5 rings (SSSR count). The highest BCUT2D eigenvalue weighted by atomic mass is 16.6. The Morgan fingerprint density at radius 1 is 1.18 bits per heavy atom. The molecular weight excluding hydrogens is 436 g/mol. The van der Waals surface area contributed by atoms with Crippen molar-refractivity contribution in [3.8, 4) is 0 Å². The summed E-state index contributed by atoms with van der Waals surface area (Å²) in [7, 11) is 0. The van der Waals surface area contributed by atoms with Crippen molar-refractivity contribution in [3.05, 3.63) is 34.9 Å². The Morgan fingerprint density at radius 3 is 2.59 bits per heavy atom. The fourth-order valence-corrected chi connectivity index (χ4v) is 5.67. The van der Waals surface area contributed by atoms with Crippen LogP contribution in [0.15, 0.2) is 18.2 Å². The highest BCUT2D eigenvalue weighted by Gasteiger charge is 2.49. The lowest BCUT2D eigenvalue weighted by atomic mass is 9.63. The predicted octanol–water partition coefficient (Wildman–Crippen LogP) is 1.76. The molecule has 0 bridgehead atoms. The molecule has 0 aliphatic carbocycles. The number of hydrogen-bond donors (Lipinski definition) is 2. The Bertz CT molecular complexity index is 1060. The third-order valence-corrected chi connectivity index (χ3v) is 7.58. The Balaban J connectivity index is 1.38. The minimum Gasteiger partial charge on any atom is -0.444 e. The maximum absolute atomic E-state index is 13.1. The van der Waals surface area contributed by atoms with Crippen LogP contribution in [0.5, 0.6) is 0 Å². The molecule has 4 aliphatic rings. The molecule has 2 atom stereocenters. The molecule has 34 heavy (non-hydrogen) atoms. The number of fused-ring (bicyclic) bond motifs is 1. The van der Waals surface area contributed by atoms with E-state index in [1.54, 1.807) is 9.80 Å². The van der Waals surface area contributed by atoms with Gasteiger partial charge in [-0.05, 0) is 50.8 Å². The van der Waals surface area contributed by atoms with Crippen molar-refractivity contribution in [1.29, 1.82) is 0 Å². The fourth-order valence-electron chi connectivity index (χ4n) is 5.67. The van der Waals surface area contributed by atoms with Gasteiger partial charge in [-0.15, -0.1) is 0 Å². The zero-order chi connectivity index (χ0) is 24.3. The van der Waals surface area contributed by atoms with Gasteiger partial charge >= 0.3 is 6.09 Å². The SMILES string of the molecule is CC(C)(C)OC(=O)N1CCC2(CNC2)C(c2ccc3c(c2)CN(C2CCC(=O)NC2=O)C3=O)C1. The molecule has 2 N–H and O–H groups in total.